The summed E-state index contributed by atoms with van der Waals surface area (Å²) in [6.07, 6.45) is 0. The largest absolute Gasteiger partial charge is 0.507 e. The molecule has 0 saturated heterocycles. The summed E-state index contributed by atoms with van der Waals surface area (Å²) in [6.45, 7) is 5.41. The second-order valence-corrected chi connectivity index (χ2v) is 7.71. The fourth-order valence-corrected chi connectivity index (χ4v) is 3.62. The van der Waals surface area contributed by atoms with Crippen LogP contribution < -0.4 is 10.6 Å². The van der Waals surface area contributed by atoms with E-state index in [0.29, 0.717) is 16.8 Å². The number of rotatable bonds is 3. The number of aryl methyl sites for hydroxylation is 1. The fraction of sp³-hybridized carbons (Fsp3) is 0.211. The van der Waals surface area contributed by atoms with Gasteiger partial charge in [-0.1, -0.05) is 26.0 Å². The molecule has 0 fully saturated rings. The molecule has 2 aromatic carbocycles. The minimum absolute atomic E-state index is 0.149. The number of amides is 1. The third-order valence-corrected chi connectivity index (χ3v) is 5.12. The lowest BCUT2D eigenvalue weighted by Crippen LogP contribution is -2.36. The highest BCUT2D eigenvalue weighted by Gasteiger charge is 2.15. The zero-order chi connectivity index (χ0) is 18.8. The van der Waals surface area contributed by atoms with Gasteiger partial charge < -0.3 is 15.7 Å². The van der Waals surface area contributed by atoms with Crippen LogP contribution in [0.25, 0.3) is 20.8 Å². The zero-order valence-corrected chi connectivity index (χ0v) is 16.3. The number of carbonyl (C=O) groups excluding carboxylic acids is 1. The zero-order valence-electron chi connectivity index (χ0n) is 14.7. The third kappa shape index (κ3) is 3.84. The number of para-hydroxylation sites is 1. The first-order chi connectivity index (χ1) is 12.3. The maximum absolute atomic E-state index is 11.8. The Morgan fingerprint density at radius 2 is 2.00 bits per heavy atom. The topological polar surface area (TPSA) is 74.2 Å². The first-order valence-electron chi connectivity index (χ1n) is 8.16. The molecule has 0 aliphatic rings. The molecule has 1 heterocycles. The number of fused-ring (bicyclic) bond motifs is 1. The van der Waals surface area contributed by atoms with Crippen LogP contribution in [-0.4, -0.2) is 21.1 Å². The van der Waals surface area contributed by atoms with E-state index in [0.717, 1.165) is 15.2 Å². The molecule has 0 saturated carbocycles. The van der Waals surface area contributed by atoms with E-state index >= 15 is 0 Å². The van der Waals surface area contributed by atoms with Crippen molar-refractivity contribution in [1.29, 1.82) is 0 Å². The Morgan fingerprint density at radius 3 is 2.69 bits per heavy atom. The predicted molar refractivity (Wildman–Crippen MR) is 111 cm³/mol. The maximum Gasteiger partial charge on any atom is 0.228 e. The predicted octanol–water partition coefficient (Wildman–Crippen LogP) is 4.45. The summed E-state index contributed by atoms with van der Waals surface area (Å²) in [5, 5.41) is 17.1. The molecule has 0 radical (unpaired) electrons. The van der Waals surface area contributed by atoms with Crippen molar-refractivity contribution < 1.29 is 9.90 Å². The number of phenolic OH excluding ortho intramolecular Hbond substituents is 1. The molecule has 0 unspecified atom stereocenters. The van der Waals surface area contributed by atoms with E-state index in [9.17, 15) is 9.90 Å². The van der Waals surface area contributed by atoms with Gasteiger partial charge in [-0.15, -0.1) is 11.3 Å². The van der Waals surface area contributed by atoms with Gasteiger partial charge in [0.15, 0.2) is 5.11 Å². The van der Waals surface area contributed by atoms with Crippen molar-refractivity contribution >= 4 is 50.5 Å². The number of benzene rings is 2. The minimum atomic E-state index is -0.158. The maximum atomic E-state index is 11.8. The third-order valence-electron chi connectivity index (χ3n) is 3.84. The molecule has 3 rings (SSSR count). The van der Waals surface area contributed by atoms with E-state index < -0.39 is 0 Å². The van der Waals surface area contributed by atoms with Crippen LogP contribution in [0.15, 0.2) is 36.4 Å². The van der Waals surface area contributed by atoms with Crippen molar-refractivity contribution in [2.75, 3.05) is 5.32 Å². The van der Waals surface area contributed by atoms with Gasteiger partial charge in [0.2, 0.25) is 5.91 Å². The smallest absolute Gasteiger partial charge is 0.228 e. The van der Waals surface area contributed by atoms with Gasteiger partial charge in [0.05, 0.1) is 15.8 Å². The van der Waals surface area contributed by atoms with E-state index in [4.69, 9.17) is 12.2 Å². The number of thiocarbonyl (C=S) groups is 1. The number of nitrogens with zero attached hydrogens (tertiary/aromatic N) is 1. The van der Waals surface area contributed by atoms with Gasteiger partial charge in [-0.3, -0.25) is 4.79 Å². The molecule has 0 aliphatic carbocycles. The number of anilines is 1. The van der Waals surface area contributed by atoms with Crippen LogP contribution in [0, 0.1) is 12.8 Å². The van der Waals surface area contributed by atoms with Crippen molar-refractivity contribution in [2.45, 2.75) is 20.8 Å². The van der Waals surface area contributed by atoms with Crippen LogP contribution in [0.4, 0.5) is 5.69 Å². The lowest BCUT2D eigenvalue weighted by molar-refractivity contribution is -0.122. The summed E-state index contributed by atoms with van der Waals surface area (Å²) in [6, 6.07) is 11.4. The number of hydrogen-bond acceptors (Lipinski definition) is 5. The standard InChI is InChI=1S/C19H19N3O2S2/c1-10(2)17(24)22-19(25)20-12-8-11(3)16(23)13(9-12)18-21-14-6-4-5-7-15(14)26-18/h4-10,23H,1-3H3,(H2,20,22,24,25). The van der Waals surface area contributed by atoms with Gasteiger partial charge in [-0.05, 0) is 49.0 Å². The molecule has 26 heavy (non-hydrogen) atoms. The highest BCUT2D eigenvalue weighted by Crippen LogP contribution is 2.38. The van der Waals surface area contributed by atoms with Crippen molar-refractivity contribution in [3.8, 4) is 16.3 Å². The number of hydrogen-bond donors (Lipinski definition) is 3. The SMILES string of the molecule is Cc1cc(NC(=S)NC(=O)C(C)C)cc(-c2nc3ccccc3s2)c1O. The van der Waals surface area contributed by atoms with Crippen molar-refractivity contribution in [1.82, 2.24) is 10.3 Å². The number of carbonyl (C=O) groups is 1. The fourth-order valence-electron chi connectivity index (χ4n) is 2.42. The molecule has 1 amide bonds. The number of aromatic nitrogens is 1. The monoisotopic (exact) mass is 385 g/mol. The molecule has 0 spiro atoms. The van der Waals surface area contributed by atoms with E-state index in [2.05, 4.69) is 15.6 Å². The number of aromatic hydroxyl groups is 1. The average Bonchev–Trinajstić information content (AvgIpc) is 3.01. The second-order valence-electron chi connectivity index (χ2n) is 6.27. The molecule has 7 heteroatoms. The highest BCUT2D eigenvalue weighted by atomic mass is 32.1. The summed E-state index contributed by atoms with van der Waals surface area (Å²) >= 11 is 6.72. The molecule has 3 aromatic rings. The van der Waals surface area contributed by atoms with E-state index in [1.807, 2.05) is 31.2 Å². The second kappa shape index (κ2) is 7.39. The van der Waals surface area contributed by atoms with Gasteiger partial charge in [0.25, 0.3) is 0 Å². The summed E-state index contributed by atoms with van der Waals surface area (Å²) < 4.78 is 1.05. The molecule has 0 bridgehead atoms. The molecule has 0 atom stereocenters. The minimum Gasteiger partial charge on any atom is -0.507 e. The molecule has 3 N–H and O–H groups in total. The van der Waals surface area contributed by atoms with Crippen molar-refractivity contribution in [3.63, 3.8) is 0 Å². The van der Waals surface area contributed by atoms with Crippen LogP contribution >= 0.6 is 23.6 Å². The number of phenols is 1. The number of thiazole rings is 1. The van der Waals surface area contributed by atoms with Crippen LogP contribution in [0.2, 0.25) is 0 Å². The lowest BCUT2D eigenvalue weighted by Gasteiger charge is -2.13. The molecule has 134 valence electrons. The van der Waals surface area contributed by atoms with Gasteiger partial charge in [-0.2, -0.15) is 0 Å². The molecule has 1 aromatic heterocycles. The van der Waals surface area contributed by atoms with Crippen LogP contribution in [-0.2, 0) is 4.79 Å². The van der Waals surface area contributed by atoms with Crippen molar-refractivity contribution in [2.24, 2.45) is 5.92 Å². The Labute approximate surface area is 161 Å². The van der Waals surface area contributed by atoms with Gasteiger partial charge in [0.1, 0.15) is 10.8 Å². The molecule has 5 nitrogen and oxygen atoms in total. The normalized spacial score (nSPS) is 10.9. The molecule has 0 aliphatic heterocycles. The lowest BCUT2D eigenvalue weighted by atomic mass is 10.1. The Kier molecular flexibility index (Phi) is 5.20. The summed E-state index contributed by atoms with van der Waals surface area (Å²) in [5.74, 6) is -0.120. The van der Waals surface area contributed by atoms with Crippen LogP contribution in [0.5, 0.6) is 5.75 Å². The quantitative estimate of drug-likeness (QED) is 0.459. The molecular weight excluding hydrogens is 366 g/mol. The van der Waals surface area contributed by atoms with Crippen LogP contribution in [0.1, 0.15) is 19.4 Å². The Hall–Kier alpha value is -2.51. The first-order valence-corrected chi connectivity index (χ1v) is 9.39. The summed E-state index contributed by atoms with van der Waals surface area (Å²) in [7, 11) is 0. The van der Waals surface area contributed by atoms with Crippen molar-refractivity contribution in [3.05, 3.63) is 42.0 Å². The van der Waals surface area contributed by atoms with E-state index in [1.165, 1.54) is 11.3 Å². The van der Waals surface area contributed by atoms with Gasteiger partial charge in [0, 0.05) is 11.6 Å². The first kappa shape index (κ1) is 18.3. The Morgan fingerprint density at radius 1 is 1.27 bits per heavy atom. The number of nitrogens with one attached hydrogen (secondary N) is 2. The van der Waals surface area contributed by atoms with E-state index in [-0.39, 0.29) is 22.7 Å². The highest BCUT2D eigenvalue weighted by molar-refractivity contribution is 7.80. The molecular formula is C19H19N3O2S2. The van der Waals surface area contributed by atoms with Gasteiger partial charge in [-0.25, -0.2) is 4.98 Å². The summed E-state index contributed by atoms with van der Waals surface area (Å²) in [5.41, 5.74) is 2.90. The Balaban J connectivity index is 1.92. The Bertz CT molecular complexity index is 963. The van der Waals surface area contributed by atoms with Gasteiger partial charge >= 0.3 is 0 Å². The van der Waals surface area contributed by atoms with Crippen LogP contribution in [0.3, 0.4) is 0 Å². The summed E-state index contributed by atoms with van der Waals surface area (Å²) in [4.78, 5) is 16.4. The average molecular weight is 386 g/mol. The van der Waals surface area contributed by atoms with E-state index in [1.54, 1.807) is 26.0 Å².